The molecule has 5 nitrogen and oxygen atoms in total. The van der Waals surface area contributed by atoms with E-state index in [2.05, 4.69) is 4.98 Å². The molecular weight excluding hydrogens is 244 g/mol. The van der Waals surface area contributed by atoms with Crippen molar-refractivity contribution in [2.45, 2.75) is 52.5 Å². The average molecular weight is 264 g/mol. The predicted octanol–water partition coefficient (Wildman–Crippen LogP) is 1.68. The van der Waals surface area contributed by atoms with Gasteiger partial charge in [-0.2, -0.15) is 4.98 Å². The van der Waals surface area contributed by atoms with Crippen LogP contribution in [0.25, 0.3) is 0 Å². The van der Waals surface area contributed by atoms with E-state index in [0.717, 1.165) is 17.8 Å². The van der Waals surface area contributed by atoms with Gasteiger partial charge in [0.25, 0.3) is 0 Å². The van der Waals surface area contributed by atoms with Gasteiger partial charge in [-0.05, 0) is 44.6 Å². The van der Waals surface area contributed by atoms with Crippen LogP contribution in [0.5, 0.6) is 0 Å². The summed E-state index contributed by atoms with van der Waals surface area (Å²) in [5.41, 5.74) is 2.24. The Kier molecular flexibility index (Phi) is 4.02. The van der Waals surface area contributed by atoms with Crippen molar-refractivity contribution in [1.82, 2.24) is 9.55 Å². The summed E-state index contributed by atoms with van der Waals surface area (Å²) in [6.45, 7) is 4.39. The molecule has 19 heavy (non-hydrogen) atoms. The molecule has 0 radical (unpaired) electrons. The second-order valence-electron chi connectivity index (χ2n) is 5.35. The Morgan fingerprint density at radius 3 is 2.63 bits per heavy atom. The molecule has 104 valence electrons. The fourth-order valence-corrected chi connectivity index (χ4v) is 2.58. The molecule has 2 rings (SSSR count). The number of hydrogen-bond donors (Lipinski definition) is 1. The molecule has 5 heteroatoms. The highest BCUT2D eigenvalue weighted by Gasteiger charge is 2.21. The maximum atomic E-state index is 12.0. The summed E-state index contributed by atoms with van der Waals surface area (Å²) in [6.07, 6.45) is 4.09. The molecule has 0 spiro atoms. The van der Waals surface area contributed by atoms with Crippen molar-refractivity contribution in [2.24, 2.45) is 5.92 Å². The molecule has 1 saturated carbocycles. The lowest BCUT2D eigenvalue weighted by Gasteiger charge is -2.27. The Hall–Kier alpha value is -1.65. The van der Waals surface area contributed by atoms with Gasteiger partial charge in [0, 0.05) is 24.4 Å². The normalized spacial score (nSPS) is 15.3. The minimum atomic E-state index is -0.824. The zero-order valence-electron chi connectivity index (χ0n) is 11.5. The van der Waals surface area contributed by atoms with Crippen molar-refractivity contribution in [3.8, 4) is 0 Å². The first-order valence-electron chi connectivity index (χ1n) is 6.77. The van der Waals surface area contributed by atoms with E-state index in [9.17, 15) is 9.59 Å². The number of nitrogens with zero attached hydrogens (tertiary/aromatic N) is 2. The van der Waals surface area contributed by atoms with Gasteiger partial charge >= 0.3 is 11.7 Å². The van der Waals surface area contributed by atoms with Gasteiger partial charge in [-0.1, -0.05) is 6.42 Å². The number of aliphatic carboxylic acids is 1. The largest absolute Gasteiger partial charge is 0.481 e. The molecule has 0 aromatic carbocycles. The number of rotatable bonds is 5. The number of carboxylic acids is 1. The Morgan fingerprint density at radius 2 is 2.11 bits per heavy atom. The van der Waals surface area contributed by atoms with Gasteiger partial charge in [-0.25, -0.2) is 4.79 Å². The standard InChI is InChI=1S/C14H20N2O3/c1-9-12(6-7-13(17)18)10(2)16(14(19)15-9)8-11-4-3-5-11/h11H,3-8H2,1-2H3,(H,17,18). The zero-order chi connectivity index (χ0) is 14.0. The first-order valence-corrected chi connectivity index (χ1v) is 6.77. The zero-order valence-corrected chi connectivity index (χ0v) is 11.5. The van der Waals surface area contributed by atoms with Gasteiger partial charge in [0.15, 0.2) is 0 Å². The molecule has 0 saturated heterocycles. The molecule has 0 aliphatic heterocycles. The van der Waals surface area contributed by atoms with E-state index < -0.39 is 5.97 Å². The van der Waals surface area contributed by atoms with E-state index >= 15 is 0 Å². The van der Waals surface area contributed by atoms with Crippen LogP contribution in [0.2, 0.25) is 0 Å². The number of aromatic nitrogens is 2. The lowest BCUT2D eigenvalue weighted by molar-refractivity contribution is -0.136. The first-order chi connectivity index (χ1) is 8.99. The summed E-state index contributed by atoms with van der Waals surface area (Å²) in [6, 6.07) is 0. The van der Waals surface area contributed by atoms with Crippen LogP contribution < -0.4 is 5.69 Å². The third-order valence-electron chi connectivity index (χ3n) is 4.03. The monoisotopic (exact) mass is 264 g/mol. The fraction of sp³-hybridized carbons (Fsp3) is 0.643. The molecule has 1 aliphatic carbocycles. The molecular formula is C14H20N2O3. The topological polar surface area (TPSA) is 72.2 Å². The van der Waals surface area contributed by atoms with E-state index in [-0.39, 0.29) is 12.1 Å². The van der Waals surface area contributed by atoms with E-state index in [1.807, 2.05) is 6.92 Å². The lowest BCUT2D eigenvalue weighted by Crippen LogP contribution is -2.32. The Morgan fingerprint density at radius 1 is 1.42 bits per heavy atom. The summed E-state index contributed by atoms with van der Waals surface area (Å²) >= 11 is 0. The minimum Gasteiger partial charge on any atom is -0.481 e. The van der Waals surface area contributed by atoms with Gasteiger partial charge < -0.3 is 5.11 Å². The first kappa shape index (κ1) is 13.8. The van der Waals surface area contributed by atoms with E-state index in [1.165, 1.54) is 19.3 Å². The van der Waals surface area contributed by atoms with Crippen LogP contribution in [0.15, 0.2) is 4.79 Å². The highest BCUT2D eigenvalue weighted by Crippen LogP contribution is 2.28. The van der Waals surface area contributed by atoms with E-state index in [4.69, 9.17) is 5.11 Å². The maximum absolute atomic E-state index is 12.0. The van der Waals surface area contributed by atoms with Crippen LogP contribution in [-0.4, -0.2) is 20.6 Å². The smallest absolute Gasteiger partial charge is 0.347 e. The van der Waals surface area contributed by atoms with Crippen LogP contribution >= 0.6 is 0 Å². The molecule has 0 amide bonds. The third kappa shape index (κ3) is 3.03. The number of hydrogen-bond acceptors (Lipinski definition) is 3. The molecule has 0 bridgehead atoms. The summed E-state index contributed by atoms with van der Waals surface area (Å²) in [7, 11) is 0. The number of carbonyl (C=O) groups is 1. The highest BCUT2D eigenvalue weighted by molar-refractivity contribution is 5.67. The van der Waals surface area contributed by atoms with Gasteiger partial charge in [-0.3, -0.25) is 9.36 Å². The summed E-state index contributed by atoms with van der Waals surface area (Å²) in [5.74, 6) is -0.247. The van der Waals surface area contributed by atoms with E-state index in [0.29, 0.717) is 18.0 Å². The van der Waals surface area contributed by atoms with E-state index in [1.54, 1.807) is 11.5 Å². The molecule has 1 aliphatic rings. The van der Waals surface area contributed by atoms with Gasteiger partial charge in [-0.15, -0.1) is 0 Å². The van der Waals surface area contributed by atoms with Crippen LogP contribution in [0.4, 0.5) is 0 Å². The second-order valence-corrected chi connectivity index (χ2v) is 5.35. The summed E-state index contributed by atoms with van der Waals surface area (Å²) in [4.78, 5) is 26.7. The SMILES string of the molecule is Cc1nc(=O)n(CC2CCC2)c(C)c1CCC(=O)O. The van der Waals surface area contributed by atoms with Crippen molar-refractivity contribution in [2.75, 3.05) is 0 Å². The van der Waals surface area contributed by atoms with Crippen LogP contribution in [0.1, 0.15) is 42.6 Å². The van der Waals surface area contributed by atoms with Crippen LogP contribution in [-0.2, 0) is 17.8 Å². The Balaban J connectivity index is 2.28. The third-order valence-corrected chi connectivity index (χ3v) is 4.03. The maximum Gasteiger partial charge on any atom is 0.347 e. The quantitative estimate of drug-likeness (QED) is 0.878. The molecule has 0 atom stereocenters. The molecule has 1 heterocycles. The second kappa shape index (κ2) is 5.55. The Bertz CT molecular complexity index is 544. The highest BCUT2D eigenvalue weighted by atomic mass is 16.4. The van der Waals surface area contributed by atoms with Crippen molar-refractivity contribution in [1.29, 1.82) is 0 Å². The summed E-state index contributed by atoms with van der Waals surface area (Å²) < 4.78 is 1.72. The Labute approximate surface area is 112 Å². The van der Waals surface area contributed by atoms with Gasteiger partial charge in [0.1, 0.15) is 0 Å². The van der Waals surface area contributed by atoms with Gasteiger partial charge in [0.2, 0.25) is 0 Å². The lowest BCUT2D eigenvalue weighted by atomic mass is 9.85. The molecule has 1 aromatic heterocycles. The van der Waals surface area contributed by atoms with Crippen LogP contribution in [0, 0.1) is 19.8 Å². The number of aryl methyl sites for hydroxylation is 1. The molecule has 1 aromatic rings. The van der Waals surface area contributed by atoms with Crippen molar-refractivity contribution >= 4 is 5.97 Å². The van der Waals surface area contributed by atoms with Crippen molar-refractivity contribution < 1.29 is 9.90 Å². The summed E-state index contributed by atoms with van der Waals surface area (Å²) in [5, 5.41) is 8.78. The average Bonchev–Trinajstić information content (AvgIpc) is 2.25. The van der Waals surface area contributed by atoms with Crippen molar-refractivity contribution in [3.05, 3.63) is 27.4 Å². The molecule has 1 N–H and O–H groups in total. The minimum absolute atomic E-state index is 0.0744. The van der Waals surface area contributed by atoms with Crippen LogP contribution in [0.3, 0.4) is 0 Å². The predicted molar refractivity (Wildman–Crippen MR) is 71.3 cm³/mol. The molecule has 0 unspecified atom stereocenters. The fourth-order valence-electron chi connectivity index (χ4n) is 2.58. The van der Waals surface area contributed by atoms with Crippen molar-refractivity contribution in [3.63, 3.8) is 0 Å². The molecule has 1 fully saturated rings. The van der Waals surface area contributed by atoms with Gasteiger partial charge in [0.05, 0.1) is 0 Å². The number of carboxylic acid groups (broad SMARTS) is 1.